The Labute approximate surface area is 126 Å². The molecule has 108 valence electrons. The van der Waals surface area contributed by atoms with Gasteiger partial charge >= 0.3 is 0 Å². The monoisotopic (exact) mass is 303 g/mol. The van der Waals surface area contributed by atoms with E-state index in [1.807, 2.05) is 36.6 Å². The summed E-state index contributed by atoms with van der Waals surface area (Å²) in [4.78, 5) is 0. The van der Waals surface area contributed by atoms with Crippen LogP contribution in [0.5, 0.6) is 0 Å². The Morgan fingerprint density at radius 1 is 1.05 bits per heavy atom. The topological polar surface area (TPSA) is 12.0 Å². The molecule has 4 heteroatoms. The molecule has 0 radical (unpaired) electrons. The quantitative estimate of drug-likeness (QED) is 0.658. The largest absolute Gasteiger partial charge is 0.378 e. The van der Waals surface area contributed by atoms with Crippen molar-refractivity contribution in [2.24, 2.45) is 0 Å². The Morgan fingerprint density at radius 2 is 1.86 bits per heavy atom. The normalized spacial score (nSPS) is 12.6. The Kier molecular flexibility index (Phi) is 3.64. The van der Waals surface area contributed by atoms with E-state index >= 15 is 0 Å². The van der Waals surface area contributed by atoms with Gasteiger partial charge in [0.2, 0.25) is 0 Å². The van der Waals surface area contributed by atoms with E-state index in [4.69, 9.17) is 0 Å². The zero-order valence-corrected chi connectivity index (χ0v) is 12.6. The first kappa shape index (κ1) is 14.0. The highest BCUT2D eigenvalue weighted by molar-refractivity contribution is 7.17. The first-order valence-corrected chi connectivity index (χ1v) is 7.62. The number of benzene rings is 2. The maximum atomic E-state index is 14.0. The van der Waals surface area contributed by atoms with E-state index in [0.717, 1.165) is 11.1 Å². The van der Waals surface area contributed by atoms with Gasteiger partial charge in [0.05, 0.1) is 6.04 Å². The number of halogens is 2. The van der Waals surface area contributed by atoms with Crippen LogP contribution >= 0.6 is 11.3 Å². The van der Waals surface area contributed by atoms with Crippen molar-refractivity contribution < 1.29 is 8.78 Å². The predicted molar refractivity (Wildman–Crippen MR) is 85.0 cm³/mol. The van der Waals surface area contributed by atoms with Crippen molar-refractivity contribution in [3.8, 4) is 0 Å². The zero-order valence-electron chi connectivity index (χ0n) is 11.8. The molecule has 0 bridgehead atoms. The number of anilines is 1. The van der Waals surface area contributed by atoms with Crippen molar-refractivity contribution in [1.82, 2.24) is 0 Å². The number of hydrogen-bond donors (Lipinski definition) is 1. The Hall–Kier alpha value is -1.94. The molecule has 0 amide bonds. The summed E-state index contributed by atoms with van der Waals surface area (Å²) >= 11 is 1.68. The van der Waals surface area contributed by atoms with E-state index in [0.29, 0.717) is 11.1 Å². The van der Waals surface area contributed by atoms with Crippen molar-refractivity contribution >= 4 is 27.1 Å². The second kappa shape index (κ2) is 5.45. The number of thiophene rings is 1. The SMILES string of the molecule is Cc1cc(F)c(C(C)Nc2ccc3sccc3c2)cc1F. The van der Waals surface area contributed by atoms with E-state index in [1.54, 1.807) is 18.3 Å². The smallest absolute Gasteiger partial charge is 0.128 e. The molecule has 0 saturated heterocycles. The molecule has 1 heterocycles. The molecule has 3 aromatic rings. The van der Waals surface area contributed by atoms with Crippen LogP contribution in [-0.4, -0.2) is 0 Å². The van der Waals surface area contributed by atoms with E-state index in [9.17, 15) is 8.78 Å². The molecule has 21 heavy (non-hydrogen) atoms. The second-order valence-corrected chi connectivity index (χ2v) is 6.11. The molecule has 0 fully saturated rings. The van der Waals surface area contributed by atoms with Crippen molar-refractivity contribution in [2.45, 2.75) is 19.9 Å². The summed E-state index contributed by atoms with van der Waals surface area (Å²) in [6.45, 7) is 3.38. The predicted octanol–water partition coefficient (Wildman–Crippen LogP) is 5.66. The fraction of sp³-hybridized carbons (Fsp3) is 0.176. The van der Waals surface area contributed by atoms with Crippen LogP contribution < -0.4 is 5.32 Å². The highest BCUT2D eigenvalue weighted by Crippen LogP contribution is 2.28. The highest BCUT2D eigenvalue weighted by atomic mass is 32.1. The molecular formula is C17H15F2NS. The summed E-state index contributed by atoms with van der Waals surface area (Å²) in [7, 11) is 0. The number of aryl methyl sites for hydroxylation is 1. The maximum Gasteiger partial charge on any atom is 0.128 e. The number of hydrogen-bond acceptors (Lipinski definition) is 2. The van der Waals surface area contributed by atoms with Gasteiger partial charge in [0.25, 0.3) is 0 Å². The molecule has 2 aromatic carbocycles. The standard InChI is InChI=1S/C17H15F2NS/c1-10-7-16(19)14(9-15(10)18)11(2)20-13-3-4-17-12(8-13)5-6-21-17/h3-9,11,20H,1-2H3. The first-order valence-electron chi connectivity index (χ1n) is 6.74. The fourth-order valence-corrected chi connectivity index (χ4v) is 3.15. The third-order valence-electron chi connectivity index (χ3n) is 3.58. The summed E-state index contributed by atoms with van der Waals surface area (Å²) in [5, 5.41) is 6.41. The lowest BCUT2D eigenvalue weighted by Crippen LogP contribution is -2.09. The van der Waals surface area contributed by atoms with Gasteiger partial charge < -0.3 is 5.32 Å². The third kappa shape index (κ3) is 2.76. The molecule has 0 aliphatic carbocycles. The minimum absolute atomic E-state index is 0.309. The molecular weight excluding hydrogens is 288 g/mol. The Balaban J connectivity index is 1.88. The fourth-order valence-electron chi connectivity index (χ4n) is 2.38. The number of fused-ring (bicyclic) bond motifs is 1. The minimum atomic E-state index is -0.384. The zero-order chi connectivity index (χ0) is 15.0. The van der Waals surface area contributed by atoms with Gasteiger partial charge in [-0.1, -0.05) is 0 Å². The van der Waals surface area contributed by atoms with Crippen molar-refractivity contribution in [3.63, 3.8) is 0 Å². The summed E-state index contributed by atoms with van der Waals surface area (Å²) < 4.78 is 28.8. The molecule has 1 N–H and O–H groups in total. The van der Waals surface area contributed by atoms with Crippen LogP contribution in [0.1, 0.15) is 24.1 Å². The second-order valence-electron chi connectivity index (χ2n) is 5.16. The van der Waals surface area contributed by atoms with E-state index < -0.39 is 0 Å². The Morgan fingerprint density at radius 3 is 2.67 bits per heavy atom. The van der Waals surface area contributed by atoms with Gasteiger partial charge in [-0.3, -0.25) is 0 Å². The van der Waals surface area contributed by atoms with Crippen LogP contribution in [-0.2, 0) is 0 Å². The molecule has 0 aliphatic heterocycles. The molecule has 1 nitrogen and oxygen atoms in total. The lowest BCUT2D eigenvalue weighted by Gasteiger charge is -2.17. The lowest BCUT2D eigenvalue weighted by atomic mass is 10.0. The average Bonchev–Trinajstić information content (AvgIpc) is 2.90. The number of nitrogens with one attached hydrogen (secondary N) is 1. The average molecular weight is 303 g/mol. The maximum absolute atomic E-state index is 14.0. The van der Waals surface area contributed by atoms with Gasteiger partial charge in [0.15, 0.2) is 0 Å². The van der Waals surface area contributed by atoms with Crippen molar-refractivity contribution in [3.05, 3.63) is 64.5 Å². The van der Waals surface area contributed by atoms with Gasteiger partial charge in [-0.2, -0.15) is 0 Å². The lowest BCUT2D eigenvalue weighted by molar-refractivity contribution is 0.571. The molecule has 1 atom stereocenters. The molecule has 1 unspecified atom stereocenters. The van der Waals surface area contributed by atoms with Gasteiger partial charge in [-0.15, -0.1) is 11.3 Å². The Bertz CT molecular complexity index is 795. The van der Waals surface area contributed by atoms with Gasteiger partial charge in [-0.25, -0.2) is 8.78 Å². The van der Waals surface area contributed by atoms with Crippen LogP contribution in [0.4, 0.5) is 14.5 Å². The number of rotatable bonds is 3. The van der Waals surface area contributed by atoms with Crippen LogP contribution in [0.15, 0.2) is 41.8 Å². The third-order valence-corrected chi connectivity index (χ3v) is 4.48. The van der Waals surface area contributed by atoms with Crippen LogP contribution in [0, 0.1) is 18.6 Å². The van der Waals surface area contributed by atoms with Crippen LogP contribution in [0.25, 0.3) is 10.1 Å². The van der Waals surface area contributed by atoms with E-state index in [-0.39, 0.29) is 17.7 Å². The highest BCUT2D eigenvalue weighted by Gasteiger charge is 2.14. The summed E-state index contributed by atoms with van der Waals surface area (Å²) in [6, 6.07) is 10.2. The summed E-state index contributed by atoms with van der Waals surface area (Å²) in [6.07, 6.45) is 0. The van der Waals surface area contributed by atoms with Gasteiger partial charge in [-0.05, 0) is 66.6 Å². The first-order chi connectivity index (χ1) is 10.0. The van der Waals surface area contributed by atoms with Crippen molar-refractivity contribution in [2.75, 3.05) is 5.32 Å². The summed E-state index contributed by atoms with van der Waals surface area (Å²) in [5.74, 6) is -0.765. The minimum Gasteiger partial charge on any atom is -0.378 e. The summed E-state index contributed by atoms with van der Waals surface area (Å²) in [5.41, 5.74) is 1.56. The van der Waals surface area contributed by atoms with Crippen LogP contribution in [0.3, 0.4) is 0 Å². The molecule has 0 spiro atoms. The molecule has 1 aromatic heterocycles. The van der Waals surface area contributed by atoms with Crippen LogP contribution in [0.2, 0.25) is 0 Å². The molecule has 0 aliphatic rings. The molecule has 3 rings (SSSR count). The van der Waals surface area contributed by atoms with Crippen molar-refractivity contribution in [1.29, 1.82) is 0 Å². The molecule has 0 saturated carbocycles. The van der Waals surface area contributed by atoms with Gasteiger partial charge in [0, 0.05) is 16.0 Å². The van der Waals surface area contributed by atoms with E-state index in [1.165, 1.54) is 16.8 Å². The van der Waals surface area contributed by atoms with E-state index in [2.05, 4.69) is 5.32 Å². The van der Waals surface area contributed by atoms with Gasteiger partial charge in [0.1, 0.15) is 11.6 Å².